The standard InChI is InChI=1S/C46H29NS2/c1-2-16-34-30(12-1)13-10-21-36(34)37-17-3-6-23-42(37)47(33-26-27-45-41(29-33)39-19-5-7-24-43(39)48-45)32-15-9-14-31(28-32)35-20-11-22-40-38-18-4-8-25-44(38)49-46(35)40/h1-29H. The molecule has 2 heterocycles. The molecular formula is C46H29NS2. The first-order chi connectivity index (χ1) is 24.3. The van der Waals surface area contributed by atoms with Gasteiger partial charge in [-0.2, -0.15) is 0 Å². The number of nitrogens with zero attached hydrogens (tertiary/aromatic N) is 1. The van der Waals surface area contributed by atoms with Crippen molar-refractivity contribution < 1.29 is 0 Å². The highest BCUT2D eigenvalue weighted by Gasteiger charge is 2.20. The molecule has 0 amide bonds. The molecule has 49 heavy (non-hydrogen) atoms. The summed E-state index contributed by atoms with van der Waals surface area (Å²) in [6.45, 7) is 0. The van der Waals surface area contributed by atoms with Gasteiger partial charge in [0, 0.05) is 57.3 Å². The van der Waals surface area contributed by atoms with E-state index < -0.39 is 0 Å². The molecule has 0 aliphatic carbocycles. The van der Waals surface area contributed by atoms with Crippen LogP contribution in [0.15, 0.2) is 176 Å². The van der Waals surface area contributed by atoms with Crippen LogP contribution in [-0.2, 0) is 0 Å². The van der Waals surface area contributed by atoms with Gasteiger partial charge in [-0.05, 0) is 76.0 Å². The van der Waals surface area contributed by atoms with Crippen LogP contribution in [0.25, 0.3) is 73.4 Å². The largest absolute Gasteiger partial charge is 0.310 e. The Hall–Kier alpha value is -5.74. The number of thiophene rings is 2. The van der Waals surface area contributed by atoms with Gasteiger partial charge in [0.15, 0.2) is 0 Å². The number of benzene rings is 8. The van der Waals surface area contributed by atoms with Gasteiger partial charge in [0.2, 0.25) is 0 Å². The highest BCUT2D eigenvalue weighted by atomic mass is 32.1. The molecule has 0 fully saturated rings. The molecule has 230 valence electrons. The lowest BCUT2D eigenvalue weighted by atomic mass is 9.95. The van der Waals surface area contributed by atoms with Crippen LogP contribution < -0.4 is 4.90 Å². The molecule has 0 saturated carbocycles. The summed E-state index contributed by atoms with van der Waals surface area (Å²) in [5, 5.41) is 7.72. The predicted octanol–water partition coefficient (Wildman–Crippen LogP) is 14.4. The molecule has 0 aliphatic heterocycles. The fourth-order valence-corrected chi connectivity index (χ4v) is 9.75. The van der Waals surface area contributed by atoms with E-state index in [1.165, 1.54) is 73.4 Å². The second kappa shape index (κ2) is 11.5. The van der Waals surface area contributed by atoms with E-state index in [0.29, 0.717) is 0 Å². The minimum Gasteiger partial charge on any atom is -0.310 e. The summed E-state index contributed by atoms with van der Waals surface area (Å²) < 4.78 is 5.27. The van der Waals surface area contributed by atoms with Crippen LogP contribution in [0.5, 0.6) is 0 Å². The summed E-state index contributed by atoms with van der Waals surface area (Å²) in [5.74, 6) is 0. The molecule has 0 atom stereocenters. The average Bonchev–Trinajstić information content (AvgIpc) is 3.73. The molecule has 0 unspecified atom stereocenters. The smallest absolute Gasteiger partial charge is 0.0540 e. The quantitative estimate of drug-likeness (QED) is 0.178. The van der Waals surface area contributed by atoms with Gasteiger partial charge >= 0.3 is 0 Å². The lowest BCUT2D eigenvalue weighted by Gasteiger charge is -2.29. The number of hydrogen-bond donors (Lipinski definition) is 0. The summed E-state index contributed by atoms with van der Waals surface area (Å²) >= 11 is 3.74. The third-order valence-electron chi connectivity index (χ3n) is 9.66. The number of rotatable bonds is 5. The Morgan fingerprint density at radius 3 is 1.84 bits per heavy atom. The van der Waals surface area contributed by atoms with Gasteiger partial charge in [-0.25, -0.2) is 0 Å². The lowest BCUT2D eigenvalue weighted by molar-refractivity contribution is 1.29. The van der Waals surface area contributed by atoms with Crippen molar-refractivity contribution in [1.29, 1.82) is 0 Å². The molecule has 0 spiro atoms. The second-order valence-electron chi connectivity index (χ2n) is 12.5. The number of fused-ring (bicyclic) bond motifs is 7. The van der Waals surface area contributed by atoms with Crippen LogP contribution in [0.2, 0.25) is 0 Å². The topological polar surface area (TPSA) is 3.24 Å². The number of hydrogen-bond acceptors (Lipinski definition) is 3. The third-order valence-corrected chi connectivity index (χ3v) is 12.0. The first-order valence-electron chi connectivity index (χ1n) is 16.6. The number of anilines is 3. The normalized spacial score (nSPS) is 11.7. The van der Waals surface area contributed by atoms with Crippen molar-refractivity contribution >= 4 is 90.9 Å². The maximum absolute atomic E-state index is 2.46. The molecule has 0 N–H and O–H groups in total. The fourth-order valence-electron chi connectivity index (χ4n) is 7.42. The highest BCUT2D eigenvalue weighted by molar-refractivity contribution is 7.26. The van der Waals surface area contributed by atoms with Crippen molar-refractivity contribution in [2.24, 2.45) is 0 Å². The Morgan fingerprint density at radius 1 is 0.347 bits per heavy atom. The lowest BCUT2D eigenvalue weighted by Crippen LogP contribution is -2.11. The zero-order chi connectivity index (χ0) is 32.3. The van der Waals surface area contributed by atoms with Gasteiger partial charge in [-0.15, -0.1) is 22.7 Å². The highest BCUT2D eigenvalue weighted by Crippen LogP contribution is 2.46. The van der Waals surface area contributed by atoms with Crippen molar-refractivity contribution in [2.45, 2.75) is 0 Å². The summed E-state index contributed by atoms with van der Waals surface area (Å²) in [6, 6.07) is 64.5. The maximum Gasteiger partial charge on any atom is 0.0540 e. The predicted molar refractivity (Wildman–Crippen MR) is 215 cm³/mol. The van der Waals surface area contributed by atoms with E-state index in [4.69, 9.17) is 0 Å². The maximum atomic E-state index is 2.46. The van der Waals surface area contributed by atoms with Gasteiger partial charge in [0.05, 0.1) is 5.69 Å². The van der Waals surface area contributed by atoms with Crippen LogP contribution >= 0.6 is 22.7 Å². The van der Waals surface area contributed by atoms with Crippen molar-refractivity contribution in [2.75, 3.05) is 4.90 Å². The second-order valence-corrected chi connectivity index (χ2v) is 14.6. The van der Waals surface area contributed by atoms with Gasteiger partial charge in [0.1, 0.15) is 0 Å². The van der Waals surface area contributed by atoms with E-state index in [1.807, 2.05) is 22.7 Å². The summed E-state index contributed by atoms with van der Waals surface area (Å²) in [4.78, 5) is 2.46. The monoisotopic (exact) mass is 659 g/mol. The van der Waals surface area contributed by atoms with Crippen molar-refractivity contribution in [3.8, 4) is 22.3 Å². The Morgan fingerprint density at radius 2 is 0.939 bits per heavy atom. The first-order valence-corrected chi connectivity index (χ1v) is 18.2. The van der Waals surface area contributed by atoms with E-state index in [0.717, 1.165) is 17.1 Å². The molecule has 0 aliphatic rings. The molecule has 8 aromatic carbocycles. The molecule has 2 aromatic heterocycles. The van der Waals surface area contributed by atoms with E-state index in [2.05, 4.69) is 181 Å². The van der Waals surface area contributed by atoms with E-state index in [9.17, 15) is 0 Å². The Labute approximate surface area is 292 Å². The van der Waals surface area contributed by atoms with Crippen LogP contribution in [0, 0.1) is 0 Å². The Bertz CT molecular complexity index is 2850. The molecule has 10 rings (SSSR count). The van der Waals surface area contributed by atoms with Crippen LogP contribution in [0.1, 0.15) is 0 Å². The van der Waals surface area contributed by atoms with Crippen molar-refractivity contribution in [1.82, 2.24) is 0 Å². The zero-order valence-electron chi connectivity index (χ0n) is 26.5. The van der Waals surface area contributed by atoms with Gasteiger partial charge in [-0.3, -0.25) is 0 Å². The van der Waals surface area contributed by atoms with E-state index in [-0.39, 0.29) is 0 Å². The SMILES string of the molecule is c1cc(-c2cccc3c2sc2ccccc23)cc(N(c2ccc3sc4ccccc4c3c2)c2ccccc2-c2cccc3ccccc23)c1. The summed E-state index contributed by atoms with van der Waals surface area (Å²) in [5.41, 5.74) is 8.32. The Balaban J connectivity index is 1.22. The van der Waals surface area contributed by atoms with E-state index in [1.54, 1.807) is 0 Å². The molecule has 10 aromatic rings. The summed E-state index contributed by atoms with van der Waals surface area (Å²) in [7, 11) is 0. The van der Waals surface area contributed by atoms with Gasteiger partial charge < -0.3 is 4.90 Å². The molecule has 0 saturated heterocycles. The molecule has 0 radical (unpaired) electrons. The number of para-hydroxylation sites is 1. The van der Waals surface area contributed by atoms with Crippen LogP contribution in [0.3, 0.4) is 0 Å². The fraction of sp³-hybridized carbons (Fsp3) is 0. The van der Waals surface area contributed by atoms with Gasteiger partial charge in [-0.1, -0.05) is 127 Å². The molecule has 1 nitrogen and oxygen atoms in total. The summed E-state index contributed by atoms with van der Waals surface area (Å²) in [6.07, 6.45) is 0. The van der Waals surface area contributed by atoms with Crippen LogP contribution in [-0.4, -0.2) is 0 Å². The van der Waals surface area contributed by atoms with Crippen molar-refractivity contribution in [3.63, 3.8) is 0 Å². The zero-order valence-corrected chi connectivity index (χ0v) is 28.1. The average molecular weight is 660 g/mol. The molecule has 0 bridgehead atoms. The van der Waals surface area contributed by atoms with Gasteiger partial charge in [0.25, 0.3) is 0 Å². The minimum atomic E-state index is 1.13. The molecule has 3 heteroatoms. The van der Waals surface area contributed by atoms with E-state index >= 15 is 0 Å². The van der Waals surface area contributed by atoms with Crippen LogP contribution in [0.4, 0.5) is 17.1 Å². The molecular weight excluding hydrogens is 631 g/mol. The Kier molecular flexibility index (Phi) is 6.61. The minimum absolute atomic E-state index is 1.13. The third kappa shape index (κ3) is 4.66. The van der Waals surface area contributed by atoms with Crippen molar-refractivity contribution in [3.05, 3.63) is 176 Å². The first kappa shape index (κ1) is 28.3.